The summed E-state index contributed by atoms with van der Waals surface area (Å²) < 4.78 is 10.9. The first-order chi connectivity index (χ1) is 13.6. The average Bonchev–Trinajstić information content (AvgIpc) is 2.99. The third-order valence-electron chi connectivity index (χ3n) is 6.09. The van der Waals surface area contributed by atoms with Crippen LogP contribution in [0.2, 0.25) is 0 Å². The summed E-state index contributed by atoms with van der Waals surface area (Å²) in [5.74, 6) is 1.10. The lowest BCUT2D eigenvalue weighted by atomic mass is 9.90. The van der Waals surface area contributed by atoms with E-state index in [2.05, 4.69) is 5.32 Å². The maximum absolute atomic E-state index is 13.1. The highest BCUT2D eigenvalue weighted by Crippen LogP contribution is 2.33. The second kappa shape index (κ2) is 9.61. The molecule has 1 aromatic carbocycles. The van der Waals surface area contributed by atoms with Crippen molar-refractivity contribution in [3.63, 3.8) is 0 Å². The van der Waals surface area contributed by atoms with Crippen molar-refractivity contribution in [1.82, 2.24) is 10.2 Å². The SMILES string of the molecule is COc1cccc(CN2CCC[C@@](O)(CNC3CCCCCC3)C2=O)c1OC. The molecule has 1 atom stereocenters. The Balaban J connectivity index is 1.66. The van der Waals surface area contributed by atoms with Gasteiger partial charge in [-0.2, -0.15) is 0 Å². The van der Waals surface area contributed by atoms with E-state index >= 15 is 0 Å². The third kappa shape index (κ3) is 4.78. The molecular formula is C22H34N2O4. The van der Waals surface area contributed by atoms with Crippen molar-refractivity contribution in [2.75, 3.05) is 27.3 Å². The molecule has 2 N–H and O–H groups in total. The molecule has 0 unspecified atom stereocenters. The highest BCUT2D eigenvalue weighted by atomic mass is 16.5. The number of piperidine rings is 1. The van der Waals surface area contributed by atoms with Crippen molar-refractivity contribution in [3.05, 3.63) is 23.8 Å². The molecule has 2 fully saturated rings. The van der Waals surface area contributed by atoms with E-state index < -0.39 is 5.60 Å². The normalized spacial score (nSPS) is 24.1. The van der Waals surface area contributed by atoms with Crippen LogP contribution >= 0.6 is 0 Å². The molecule has 0 spiro atoms. The van der Waals surface area contributed by atoms with Crippen LogP contribution in [0.15, 0.2) is 18.2 Å². The third-order valence-corrected chi connectivity index (χ3v) is 6.09. The first-order valence-corrected chi connectivity index (χ1v) is 10.5. The summed E-state index contributed by atoms with van der Waals surface area (Å²) in [6.45, 7) is 1.39. The summed E-state index contributed by atoms with van der Waals surface area (Å²) >= 11 is 0. The number of para-hydroxylation sites is 1. The fourth-order valence-electron chi connectivity index (χ4n) is 4.46. The molecular weight excluding hydrogens is 356 g/mol. The summed E-state index contributed by atoms with van der Waals surface area (Å²) in [5, 5.41) is 14.6. The van der Waals surface area contributed by atoms with Crippen LogP contribution in [0.1, 0.15) is 56.9 Å². The highest BCUT2D eigenvalue weighted by Gasteiger charge is 2.42. The van der Waals surface area contributed by atoms with Gasteiger partial charge in [0.1, 0.15) is 0 Å². The maximum atomic E-state index is 13.1. The summed E-state index contributed by atoms with van der Waals surface area (Å²) in [5.41, 5.74) is -0.437. The second-order valence-electron chi connectivity index (χ2n) is 8.08. The van der Waals surface area contributed by atoms with Gasteiger partial charge in [-0.1, -0.05) is 37.8 Å². The number of rotatable bonds is 7. The molecule has 1 saturated carbocycles. The average molecular weight is 391 g/mol. The molecule has 3 rings (SSSR count). The number of carbonyl (C=O) groups is 1. The predicted molar refractivity (Wildman–Crippen MR) is 109 cm³/mol. The number of amides is 1. The quantitative estimate of drug-likeness (QED) is 0.701. The number of likely N-dealkylation sites (tertiary alicyclic amines) is 1. The Morgan fingerprint density at radius 3 is 2.57 bits per heavy atom. The first kappa shape index (κ1) is 20.9. The van der Waals surface area contributed by atoms with Gasteiger partial charge in [-0.3, -0.25) is 4.79 Å². The Labute approximate surface area is 168 Å². The van der Waals surface area contributed by atoms with Crippen LogP contribution in [0.5, 0.6) is 11.5 Å². The largest absolute Gasteiger partial charge is 0.493 e. The van der Waals surface area contributed by atoms with Crippen molar-refractivity contribution < 1.29 is 19.4 Å². The number of benzene rings is 1. The number of nitrogens with one attached hydrogen (secondary N) is 1. The van der Waals surface area contributed by atoms with Gasteiger partial charge in [0.2, 0.25) is 0 Å². The molecule has 1 aliphatic heterocycles. The molecule has 0 aromatic heterocycles. The summed E-state index contributed by atoms with van der Waals surface area (Å²) in [6, 6.07) is 6.08. The first-order valence-electron chi connectivity index (χ1n) is 10.5. The second-order valence-corrected chi connectivity index (χ2v) is 8.08. The predicted octanol–water partition coefficient (Wildman–Crippen LogP) is 2.87. The number of methoxy groups -OCH3 is 2. The number of hydrogen-bond acceptors (Lipinski definition) is 5. The number of ether oxygens (including phenoxy) is 2. The summed E-state index contributed by atoms with van der Waals surface area (Å²) in [4.78, 5) is 14.9. The standard InChI is InChI=1S/C22H34N2O4/c1-27-19-12-7-9-17(20(19)28-2)15-24-14-8-13-22(26,21(24)25)16-23-18-10-5-3-4-6-11-18/h7,9,12,18,23,26H,3-6,8,10-11,13-16H2,1-2H3/t22-/m1/s1. The Bertz CT molecular complexity index is 658. The van der Waals surface area contributed by atoms with E-state index in [1.807, 2.05) is 18.2 Å². The molecule has 6 nitrogen and oxygen atoms in total. The van der Waals surface area contributed by atoms with Gasteiger partial charge in [0.25, 0.3) is 5.91 Å². The number of carbonyl (C=O) groups excluding carboxylic acids is 1. The van der Waals surface area contributed by atoms with Gasteiger partial charge >= 0.3 is 0 Å². The van der Waals surface area contributed by atoms with E-state index in [0.717, 1.165) is 24.8 Å². The van der Waals surface area contributed by atoms with Crippen molar-refractivity contribution in [1.29, 1.82) is 0 Å². The molecule has 1 amide bonds. The van der Waals surface area contributed by atoms with Crippen molar-refractivity contribution in [3.8, 4) is 11.5 Å². The zero-order valence-corrected chi connectivity index (χ0v) is 17.2. The molecule has 0 radical (unpaired) electrons. The van der Waals surface area contributed by atoms with Crippen molar-refractivity contribution in [2.45, 2.75) is 69.6 Å². The lowest BCUT2D eigenvalue weighted by Crippen LogP contribution is -2.58. The molecule has 0 bridgehead atoms. The minimum atomic E-state index is -1.32. The number of aliphatic hydroxyl groups is 1. The Morgan fingerprint density at radius 2 is 1.89 bits per heavy atom. The Morgan fingerprint density at radius 1 is 1.14 bits per heavy atom. The Hall–Kier alpha value is -1.79. The zero-order chi connectivity index (χ0) is 20.0. The van der Waals surface area contributed by atoms with E-state index in [1.54, 1.807) is 19.1 Å². The van der Waals surface area contributed by atoms with Crippen LogP contribution in [0.3, 0.4) is 0 Å². The van der Waals surface area contributed by atoms with E-state index in [1.165, 1.54) is 25.7 Å². The smallest absolute Gasteiger partial charge is 0.256 e. The van der Waals surface area contributed by atoms with E-state index in [4.69, 9.17) is 9.47 Å². The van der Waals surface area contributed by atoms with Crippen LogP contribution in [0, 0.1) is 0 Å². The molecule has 1 saturated heterocycles. The van der Waals surface area contributed by atoms with Gasteiger partial charge in [-0.25, -0.2) is 0 Å². The van der Waals surface area contributed by atoms with Gasteiger partial charge < -0.3 is 24.8 Å². The highest BCUT2D eigenvalue weighted by molar-refractivity contribution is 5.86. The van der Waals surface area contributed by atoms with Gasteiger partial charge in [-0.05, 0) is 31.7 Å². The number of nitrogens with zero attached hydrogens (tertiary/aromatic N) is 1. The lowest BCUT2D eigenvalue weighted by Gasteiger charge is -2.39. The molecule has 1 aliphatic carbocycles. The van der Waals surface area contributed by atoms with Gasteiger partial charge in [0.05, 0.1) is 14.2 Å². The lowest BCUT2D eigenvalue weighted by molar-refractivity contribution is -0.157. The topological polar surface area (TPSA) is 71.0 Å². The molecule has 6 heteroatoms. The van der Waals surface area contributed by atoms with Crippen LogP contribution in [-0.2, 0) is 11.3 Å². The van der Waals surface area contributed by atoms with E-state index in [9.17, 15) is 9.90 Å². The van der Waals surface area contributed by atoms with Gasteiger partial charge in [-0.15, -0.1) is 0 Å². The summed E-state index contributed by atoms with van der Waals surface area (Å²) in [7, 11) is 3.21. The molecule has 28 heavy (non-hydrogen) atoms. The Kier molecular flexibility index (Phi) is 7.18. The minimum absolute atomic E-state index is 0.190. The maximum Gasteiger partial charge on any atom is 0.256 e. The van der Waals surface area contributed by atoms with Gasteiger partial charge in [0.15, 0.2) is 17.1 Å². The van der Waals surface area contributed by atoms with Crippen molar-refractivity contribution in [2.24, 2.45) is 0 Å². The monoisotopic (exact) mass is 390 g/mol. The summed E-state index contributed by atoms with van der Waals surface area (Å²) in [6.07, 6.45) is 8.61. The fourth-order valence-corrected chi connectivity index (χ4v) is 4.46. The van der Waals surface area contributed by atoms with Crippen LogP contribution < -0.4 is 14.8 Å². The van der Waals surface area contributed by atoms with Crippen molar-refractivity contribution >= 4 is 5.91 Å². The van der Waals surface area contributed by atoms with E-state index in [0.29, 0.717) is 43.6 Å². The molecule has 2 aliphatic rings. The van der Waals surface area contributed by atoms with Crippen LogP contribution in [-0.4, -0.2) is 54.9 Å². The van der Waals surface area contributed by atoms with Crippen LogP contribution in [0.25, 0.3) is 0 Å². The van der Waals surface area contributed by atoms with Gasteiger partial charge in [0, 0.05) is 31.2 Å². The molecule has 1 aromatic rings. The molecule has 1 heterocycles. The zero-order valence-electron chi connectivity index (χ0n) is 17.2. The molecule has 156 valence electrons. The van der Waals surface area contributed by atoms with Crippen LogP contribution in [0.4, 0.5) is 0 Å². The fraction of sp³-hybridized carbons (Fsp3) is 0.682. The minimum Gasteiger partial charge on any atom is -0.493 e. The van der Waals surface area contributed by atoms with E-state index in [-0.39, 0.29) is 5.91 Å². The number of hydrogen-bond donors (Lipinski definition) is 2.